The molecule has 0 saturated heterocycles. The number of hydrogen-bond acceptors (Lipinski definition) is 4. The number of carbonyl (C=O) groups excluding carboxylic acids is 1. The Kier molecular flexibility index (Phi) is 6.66. The van der Waals surface area contributed by atoms with E-state index >= 15 is 0 Å². The number of carbonyl (C=O) groups is 1. The van der Waals surface area contributed by atoms with Crippen LogP contribution in [0.15, 0.2) is 42.5 Å². The first kappa shape index (κ1) is 19.9. The van der Waals surface area contributed by atoms with Crippen molar-refractivity contribution in [3.63, 3.8) is 0 Å². The van der Waals surface area contributed by atoms with Crippen molar-refractivity contribution in [1.82, 2.24) is 14.9 Å². The zero-order chi connectivity index (χ0) is 19.9. The van der Waals surface area contributed by atoms with Crippen molar-refractivity contribution in [2.24, 2.45) is 0 Å². The van der Waals surface area contributed by atoms with E-state index < -0.39 is 0 Å². The Balaban J connectivity index is 1.55. The van der Waals surface area contributed by atoms with Gasteiger partial charge in [0.15, 0.2) is 6.61 Å². The number of hydrogen-bond donors (Lipinski definition) is 1. The zero-order valence-electron chi connectivity index (χ0n) is 16.7. The number of para-hydroxylation sites is 2. The number of fused-ring (bicyclic) bond motifs is 1. The van der Waals surface area contributed by atoms with Crippen LogP contribution in [0.25, 0.3) is 11.0 Å². The van der Waals surface area contributed by atoms with Crippen molar-refractivity contribution >= 4 is 16.9 Å². The summed E-state index contributed by atoms with van der Waals surface area (Å²) in [5, 5.41) is 2.91. The van der Waals surface area contributed by atoms with Crippen molar-refractivity contribution < 1.29 is 14.3 Å². The molecule has 0 aliphatic rings. The van der Waals surface area contributed by atoms with Gasteiger partial charge in [-0.1, -0.05) is 24.3 Å². The first-order valence-electron chi connectivity index (χ1n) is 9.48. The van der Waals surface area contributed by atoms with Crippen molar-refractivity contribution in [3.8, 4) is 5.75 Å². The average molecular weight is 381 g/mol. The fourth-order valence-corrected chi connectivity index (χ4v) is 3.12. The second-order valence-corrected chi connectivity index (χ2v) is 6.82. The number of ether oxygens (including phenoxy) is 2. The van der Waals surface area contributed by atoms with Crippen LogP contribution < -0.4 is 10.1 Å². The number of aromatic nitrogens is 2. The predicted molar refractivity (Wildman–Crippen MR) is 110 cm³/mol. The van der Waals surface area contributed by atoms with Crippen LogP contribution in [0.5, 0.6) is 5.75 Å². The predicted octanol–water partition coefficient (Wildman–Crippen LogP) is 3.04. The molecule has 0 unspecified atom stereocenters. The van der Waals surface area contributed by atoms with Gasteiger partial charge in [0.1, 0.15) is 11.6 Å². The summed E-state index contributed by atoms with van der Waals surface area (Å²) in [6.07, 6.45) is 0.646. The minimum absolute atomic E-state index is 0.00435. The number of amides is 1. The van der Waals surface area contributed by atoms with E-state index in [1.807, 2.05) is 50.2 Å². The van der Waals surface area contributed by atoms with Gasteiger partial charge in [0.05, 0.1) is 17.6 Å². The molecule has 0 radical (unpaired) electrons. The Morgan fingerprint density at radius 1 is 1.18 bits per heavy atom. The number of rotatable bonds is 9. The Bertz CT molecular complexity index is 949. The fourth-order valence-electron chi connectivity index (χ4n) is 3.12. The third-order valence-corrected chi connectivity index (χ3v) is 4.63. The molecule has 0 aliphatic heterocycles. The van der Waals surface area contributed by atoms with Crippen molar-refractivity contribution in [2.45, 2.75) is 26.8 Å². The van der Waals surface area contributed by atoms with Gasteiger partial charge in [0.25, 0.3) is 5.91 Å². The Morgan fingerprint density at radius 2 is 2.00 bits per heavy atom. The van der Waals surface area contributed by atoms with Gasteiger partial charge in [-0.3, -0.25) is 4.79 Å². The molecule has 3 rings (SSSR count). The molecule has 0 fully saturated rings. The zero-order valence-corrected chi connectivity index (χ0v) is 16.7. The monoisotopic (exact) mass is 381 g/mol. The smallest absolute Gasteiger partial charge is 0.257 e. The van der Waals surface area contributed by atoms with Crippen molar-refractivity contribution in [3.05, 3.63) is 59.4 Å². The summed E-state index contributed by atoms with van der Waals surface area (Å²) in [6, 6.07) is 14.0. The Labute approximate surface area is 165 Å². The van der Waals surface area contributed by atoms with E-state index in [4.69, 9.17) is 14.5 Å². The standard InChI is InChI=1S/C22H27N3O3/c1-16-8-9-17(2)20(14-16)28-15-22(26)23-11-10-21-24-18-6-4-5-7-19(18)25(21)12-13-27-3/h4-9,14H,10-13,15H2,1-3H3,(H,23,26). The van der Waals surface area contributed by atoms with Crippen LogP contribution in [0.3, 0.4) is 0 Å². The van der Waals surface area contributed by atoms with Gasteiger partial charge in [-0.25, -0.2) is 4.98 Å². The summed E-state index contributed by atoms with van der Waals surface area (Å²) in [4.78, 5) is 16.9. The molecule has 0 spiro atoms. The van der Waals surface area contributed by atoms with Crippen LogP contribution in [0.4, 0.5) is 0 Å². The molecular weight excluding hydrogens is 354 g/mol. The minimum atomic E-state index is -0.138. The van der Waals surface area contributed by atoms with E-state index in [1.54, 1.807) is 7.11 Å². The van der Waals surface area contributed by atoms with E-state index in [2.05, 4.69) is 16.0 Å². The quantitative estimate of drug-likeness (QED) is 0.619. The van der Waals surface area contributed by atoms with Crippen molar-refractivity contribution in [2.75, 3.05) is 26.9 Å². The lowest BCUT2D eigenvalue weighted by Crippen LogP contribution is -2.31. The molecule has 0 aliphatic carbocycles. The van der Waals surface area contributed by atoms with Crippen LogP contribution >= 0.6 is 0 Å². The molecule has 6 heteroatoms. The molecule has 0 saturated carbocycles. The number of nitrogens with zero attached hydrogens (tertiary/aromatic N) is 2. The molecule has 1 N–H and O–H groups in total. The van der Waals surface area contributed by atoms with Crippen LogP contribution in [-0.2, 0) is 22.5 Å². The lowest BCUT2D eigenvalue weighted by Gasteiger charge is -2.11. The Hall–Kier alpha value is -2.86. The highest BCUT2D eigenvalue weighted by atomic mass is 16.5. The number of methoxy groups -OCH3 is 1. The minimum Gasteiger partial charge on any atom is -0.483 e. The Morgan fingerprint density at radius 3 is 2.82 bits per heavy atom. The second kappa shape index (κ2) is 9.37. The molecule has 0 atom stereocenters. The first-order valence-corrected chi connectivity index (χ1v) is 9.48. The SMILES string of the molecule is COCCn1c(CCNC(=O)COc2cc(C)ccc2C)nc2ccccc21. The molecule has 1 heterocycles. The lowest BCUT2D eigenvalue weighted by molar-refractivity contribution is -0.123. The molecule has 0 bridgehead atoms. The average Bonchev–Trinajstić information content (AvgIpc) is 3.04. The third kappa shape index (κ3) is 4.89. The number of nitrogens with one attached hydrogen (secondary N) is 1. The van der Waals surface area contributed by atoms with Crippen LogP contribution in [-0.4, -0.2) is 42.3 Å². The number of aryl methyl sites for hydroxylation is 2. The molecule has 1 amide bonds. The van der Waals surface area contributed by atoms with Crippen LogP contribution in [0, 0.1) is 13.8 Å². The topological polar surface area (TPSA) is 65.4 Å². The molecule has 3 aromatic rings. The maximum absolute atomic E-state index is 12.1. The van der Waals surface area contributed by atoms with Crippen LogP contribution in [0.1, 0.15) is 17.0 Å². The molecule has 2 aromatic carbocycles. The number of benzene rings is 2. The molecule has 1 aromatic heterocycles. The summed E-state index contributed by atoms with van der Waals surface area (Å²) in [5.74, 6) is 1.55. The van der Waals surface area contributed by atoms with E-state index in [0.717, 1.165) is 40.3 Å². The summed E-state index contributed by atoms with van der Waals surface area (Å²) < 4.78 is 13.0. The van der Waals surface area contributed by atoms with E-state index in [0.29, 0.717) is 19.6 Å². The normalized spacial score (nSPS) is 11.0. The molecule has 6 nitrogen and oxygen atoms in total. The largest absolute Gasteiger partial charge is 0.483 e. The maximum Gasteiger partial charge on any atom is 0.257 e. The van der Waals surface area contributed by atoms with Gasteiger partial charge in [-0.05, 0) is 43.2 Å². The summed E-state index contributed by atoms with van der Waals surface area (Å²) in [6.45, 7) is 5.83. The summed E-state index contributed by atoms with van der Waals surface area (Å²) >= 11 is 0. The van der Waals surface area contributed by atoms with Crippen LogP contribution in [0.2, 0.25) is 0 Å². The van der Waals surface area contributed by atoms with Crippen molar-refractivity contribution in [1.29, 1.82) is 0 Å². The van der Waals surface area contributed by atoms with Gasteiger partial charge < -0.3 is 19.4 Å². The number of imidazole rings is 1. The lowest BCUT2D eigenvalue weighted by atomic mass is 10.1. The maximum atomic E-state index is 12.1. The summed E-state index contributed by atoms with van der Waals surface area (Å²) in [5.41, 5.74) is 4.17. The fraction of sp³-hybridized carbons (Fsp3) is 0.364. The van der Waals surface area contributed by atoms with E-state index in [9.17, 15) is 4.79 Å². The van der Waals surface area contributed by atoms with Gasteiger partial charge in [-0.15, -0.1) is 0 Å². The van der Waals surface area contributed by atoms with Gasteiger partial charge in [0.2, 0.25) is 0 Å². The van der Waals surface area contributed by atoms with Gasteiger partial charge >= 0.3 is 0 Å². The van der Waals surface area contributed by atoms with E-state index in [1.165, 1.54) is 0 Å². The third-order valence-electron chi connectivity index (χ3n) is 4.63. The van der Waals surface area contributed by atoms with E-state index in [-0.39, 0.29) is 12.5 Å². The highest BCUT2D eigenvalue weighted by molar-refractivity contribution is 5.78. The first-order chi connectivity index (χ1) is 13.6. The highest BCUT2D eigenvalue weighted by Crippen LogP contribution is 2.19. The van der Waals surface area contributed by atoms with Gasteiger partial charge in [0, 0.05) is 26.6 Å². The highest BCUT2D eigenvalue weighted by Gasteiger charge is 2.11. The molecular formula is C22H27N3O3. The van der Waals surface area contributed by atoms with Gasteiger partial charge in [-0.2, -0.15) is 0 Å². The molecule has 148 valence electrons. The second-order valence-electron chi connectivity index (χ2n) is 6.82. The molecule has 28 heavy (non-hydrogen) atoms. The summed E-state index contributed by atoms with van der Waals surface area (Å²) in [7, 11) is 1.69.